The molecule has 11 heteroatoms. The van der Waals surface area contributed by atoms with Gasteiger partial charge in [-0.3, -0.25) is 20.2 Å². The molecule has 0 aliphatic carbocycles. The van der Waals surface area contributed by atoms with Gasteiger partial charge < -0.3 is 4.74 Å². The van der Waals surface area contributed by atoms with Crippen molar-refractivity contribution < 1.29 is 28.0 Å². The monoisotopic (exact) mass is 433 g/mol. The van der Waals surface area contributed by atoms with Crippen LogP contribution >= 0.6 is 11.3 Å². The molecule has 1 atom stereocenters. The molecule has 154 valence electrons. The number of aromatic nitrogens is 1. The zero-order valence-electron chi connectivity index (χ0n) is 15.3. The van der Waals surface area contributed by atoms with E-state index in [1.165, 1.54) is 31.2 Å². The summed E-state index contributed by atoms with van der Waals surface area (Å²) >= 11 is 1.05. The Labute approximate surface area is 172 Å². The van der Waals surface area contributed by atoms with Gasteiger partial charge in [0.25, 0.3) is 11.6 Å². The van der Waals surface area contributed by atoms with Gasteiger partial charge in [0.05, 0.1) is 16.2 Å². The standard InChI is InChI=1S/C19H13F2N3O5S/c1-10(29-18(26)12-3-2-4-13(7-12)24(27)28)17(25)23-19-22-16(9-30-19)11-5-6-14(20)15(21)8-11/h2-10H,1H3,(H,22,23,25)/t10-/m0/s1. The number of anilines is 1. The van der Waals surface area contributed by atoms with Crippen LogP contribution in [-0.2, 0) is 9.53 Å². The number of halogens is 2. The predicted molar refractivity (Wildman–Crippen MR) is 104 cm³/mol. The van der Waals surface area contributed by atoms with Crippen LogP contribution in [0, 0.1) is 21.7 Å². The minimum atomic E-state index is -1.22. The number of hydrogen-bond acceptors (Lipinski definition) is 7. The third kappa shape index (κ3) is 4.81. The molecule has 0 bridgehead atoms. The molecule has 0 saturated heterocycles. The number of thiazole rings is 1. The summed E-state index contributed by atoms with van der Waals surface area (Å²) in [6.07, 6.45) is -1.22. The molecular formula is C19H13F2N3O5S. The fourth-order valence-corrected chi connectivity index (χ4v) is 3.08. The van der Waals surface area contributed by atoms with Gasteiger partial charge in [-0.2, -0.15) is 0 Å². The topological polar surface area (TPSA) is 111 Å². The van der Waals surface area contributed by atoms with E-state index in [-0.39, 0.29) is 16.4 Å². The molecule has 30 heavy (non-hydrogen) atoms. The number of benzene rings is 2. The number of rotatable bonds is 6. The van der Waals surface area contributed by atoms with Gasteiger partial charge in [0, 0.05) is 23.1 Å². The van der Waals surface area contributed by atoms with Gasteiger partial charge in [0.2, 0.25) is 0 Å². The number of carbonyl (C=O) groups is 2. The van der Waals surface area contributed by atoms with Crippen molar-refractivity contribution in [2.45, 2.75) is 13.0 Å². The Morgan fingerprint density at radius 3 is 2.67 bits per heavy atom. The minimum Gasteiger partial charge on any atom is -0.449 e. The summed E-state index contributed by atoms with van der Waals surface area (Å²) in [6, 6.07) is 8.23. The first kappa shape index (κ1) is 21.0. The molecule has 8 nitrogen and oxygen atoms in total. The van der Waals surface area contributed by atoms with Crippen molar-refractivity contribution in [2.75, 3.05) is 5.32 Å². The van der Waals surface area contributed by atoms with Gasteiger partial charge in [0.15, 0.2) is 22.9 Å². The molecule has 3 rings (SSSR count). The van der Waals surface area contributed by atoms with Gasteiger partial charge in [-0.1, -0.05) is 6.07 Å². The summed E-state index contributed by atoms with van der Waals surface area (Å²) < 4.78 is 31.4. The summed E-state index contributed by atoms with van der Waals surface area (Å²) in [6.45, 7) is 1.33. The van der Waals surface area contributed by atoms with Crippen LogP contribution in [0.3, 0.4) is 0 Å². The highest BCUT2D eigenvalue weighted by molar-refractivity contribution is 7.14. The van der Waals surface area contributed by atoms with Crippen molar-refractivity contribution in [1.29, 1.82) is 0 Å². The summed E-state index contributed by atoms with van der Waals surface area (Å²) in [7, 11) is 0. The Morgan fingerprint density at radius 1 is 1.20 bits per heavy atom. The zero-order valence-corrected chi connectivity index (χ0v) is 16.1. The Balaban J connectivity index is 1.64. The normalized spacial score (nSPS) is 11.6. The Kier molecular flexibility index (Phi) is 6.11. The highest BCUT2D eigenvalue weighted by Gasteiger charge is 2.21. The lowest BCUT2D eigenvalue weighted by Gasteiger charge is -2.12. The van der Waals surface area contributed by atoms with Crippen LogP contribution in [0.25, 0.3) is 11.3 Å². The maximum atomic E-state index is 13.4. The molecule has 1 amide bonds. The van der Waals surface area contributed by atoms with E-state index in [4.69, 9.17) is 4.74 Å². The Hall–Kier alpha value is -3.73. The van der Waals surface area contributed by atoms with Crippen molar-refractivity contribution in [1.82, 2.24) is 4.98 Å². The maximum Gasteiger partial charge on any atom is 0.339 e. The van der Waals surface area contributed by atoms with Crippen LogP contribution in [0.1, 0.15) is 17.3 Å². The van der Waals surface area contributed by atoms with Gasteiger partial charge in [0.1, 0.15) is 0 Å². The van der Waals surface area contributed by atoms with Crippen LogP contribution in [0.4, 0.5) is 19.6 Å². The lowest BCUT2D eigenvalue weighted by Crippen LogP contribution is -2.30. The first-order valence-electron chi connectivity index (χ1n) is 8.42. The number of ether oxygens (including phenoxy) is 1. The lowest BCUT2D eigenvalue weighted by atomic mass is 10.2. The fraction of sp³-hybridized carbons (Fsp3) is 0.105. The van der Waals surface area contributed by atoms with Gasteiger partial charge >= 0.3 is 5.97 Å². The van der Waals surface area contributed by atoms with E-state index >= 15 is 0 Å². The molecule has 0 spiro atoms. The summed E-state index contributed by atoms with van der Waals surface area (Å²) in [5, 5.41) is 15.0. The van der Waals surface area contributed by atoms with Crippen LogP contribution in [0.2, 0.25) is 0 Å². The molecule has 1 N–H and O–H groups in total. The molecule has 1 heterocycles. The van der Waals surface area contributed by atoms with E-state index in [9.17, 15) is 28.5 Å². The number of non-ortho nitro benzene ring substituents is 1. The number of esters is 1. The summed E-state index contributed by atoms with van der Waals surface area (Å²) in [4.78, 5) is 38.7. The number of amides is 1. The smallest absolute Gasteiger partial charge is 0.339 e. The largest absolute Gasteiger partial charge is 0.449 e. The van der Waals surface area contributed by atoms with E-state index in [0.29, 0.717) is 11.3 Å². The van der Waals surface area contributed by atoms with Crippen molar-refractivity contribution in [3.63, 3.8) is 0 Å². The molecule has 0 saturated carbocycles. The maximum absolute atomic E-state index is 13.4. The van der Waals surface area contributed by atoms with E-state index in [1.807, 2.05) is 0 Å². The number of nitrogens with one attached hydrogen (secondary N) is 1. The number of nitrogens with zero attached hydrogens (tertiary/aromatic N) is 2. The van der Waals surface area contributed by atoms with E-state index in [2.05, 4.69) is 10.3 Å². The quantitative estimate of drug-likeness (QED) is 0.355. The van der Waals surface area contributed by atoms with Gasteiger partial charge in [-0.05, 0) is 31.2 Å². The first-order chi connectivity index (χ1) is 14.2. The van der Waals surface area contributed by atoms with Crippen molar-refractivity contribution in [3.8, 4) is 11.3 Å². The van der Waals surface area contributed by atoms with Crippen molar-refractivity contribution in [3.05, 3.63) is 75.2 Å². The molecule has 1 aromatic heterocycles. The molecule has 2 aromatic carbocycles. The third-order valence-electron chi connectivity index (χ3n) is 3.90. The molecule has 3 aromatic rings. The second kappa shape index (κ2) is 8.74. The van der Waals surface area contributed by atoms with Gasteiger partial charge in [-0.25, -0.2) is 18.6 Å². The first-order valence-corrected chi connectivity index (χ1v) is 9.30. The number of nitro groups is 1. The van der Waals surface area contributed by atoms with Crippen LogP contribution in [-0.4, -0.2) is 27.9 Å². The zero-order chi connectivity index (χ0) is 21.8. The molecule has 0 radical (unpaired) electrons. The third-order valence-corrected chi connectivity index (χ3v) is 4.65. The van der Waals surface area contributed by atoms with E-state index < -0.39 is 34.5 Å². The lowest BCUT2D eigenvalue weighted by molar-refractivity contribution is -0.384. The van der Waals surface area contributed by atoms with Crippen molar-refractivity contribution >= 4 is 34.0 Å². The van der Waals surface area contributed by atoms with Crippen LogP contribution in [0.5, 0.6) is 0 Å². The summed E-state index contributed by atoms with van der Waals surface area (Å²) in [5.74, 6) is -3.59. The van der Waals surface area contributed by atoms with Crippen molar-refractivity contribution in [2.24, 2.45) is 0 Å². The minimum absolute atomic E-state index is 0.0706. The molecule has 0 unspecified atom stereocenters. The van der Waals surface area contributed by atoms with Crippen LogP contribution < -0.4 is 5.32 Å². The van der Waals surface area contributed by atoms with Crippen LogP contribution in [0.15, 0.2) is 47.8 Å². The molecule has 0 fully saturated rings. The second-order valence-corrected chi connectivity index (χ2v) is 6.87. The second-order valence-electron chi connectivity index (χ2n) is 6.01. The van der Waals surface area contributed by atoms with E-state index in [1.54, 1.807) is 5.38 Å². The Bertz CT molecular complexity index is 1130. The number of hydrogen-bond donors (Lipinski definition) is 1. The SMILES string of the molecule is C[C@H](OC(=O)c1cccc([N+](=O)[O-])c1)C(=O)Nc1nc(-c2ccc(F)c(F)c2)cs1. The highest BCUT2D eigenvalue weighted by atomic mass is 32.1. The average molecular weight is 433 g/mol. The average Bonchev–Trinajstić information content (AvgIpc) is 3.18. The Morgan fingerprint density at radius 2 is 1.97 bits per heavy atom. The highest BCUT2D eigenvalue weighted by Crippen LogP contribution is 2.26. The number of nitro benzene ring substituents is 1. The predicted octanol–water partition coefficient (Wildman–Crippen LogP) is 4.18. The van der Waals surface area contributed by atoms with E-state index in [0.717, 1.165) is 29.5 Å². The van der Waals surface area contributed by atoms with Gasteiger partial charge in [-0.15, -0.1) is 11.3 Å². The molecular weight excluding hydrogens is 420 g/mol. The fourth-order valence-electron chi connectivity index (χ4n) is 2.35. The molecule has 0 aliphatic rings. The number of carbonyl (C=O) groups excluding carboxylic acids is 2. The summed E-state index contributed by atoms with van der Waals surface area (Å²) in [5.41, 5.74) is 0.305. The molecule has 0 aliphatic heterocycles.